The SMILES string of the molecule is C[C@H]1C[C@H]2CC[C@@H](C(=O)N3C[C@@H](C#N)[C@H](c4ccccc4)C3)N2C(=O)[C@@H](NC(=O)c2cc3cc(C(F)(F)P(=O)(O)O)ccc3s2)C1. The number of alkyl halides is 2. The van der Waals surface area contributed by atoms with E-state index in [4.69, 9.17) is 9.79 Å². The molecule has 0 saturated carbocycles. The van der Waals surface area contributed by atoms with Gasteiger partial charge in [0.15, 0.2) is 0 Å². The van der Waals surface area contributed by atoms with Gasteiger partial charge in [-0.25, -0.2) is 0 Å². The van der Waals surface area contributed by atoms with Crippen LogP contribution >= 0.6 is 18.9 Å². The smallest absolute Gasteiger partial charge is 0.340 e. The molecule has 3 aromatic rings. The molecule has 0 bridgehead atoms. The third kappa shape index (κ3) is 5.84. The molecule has 242 valence electrons. The molecule has 0 spiro atoms. The Labute approximate surface area is 268 Å². The average Bonchev–Trinajstić information content (AvgIpc) is 3.74. The highest BCUT2D eigenvalue weighted by molar-refractivity contribution is 7.52. The highest BCUT2D eigenvalue weighted by Gasteiger charge is 2.51. The van der Waals surface area contributed by atoms with Crippen molar-refractivity contribution in [2.45, 2.75) is 62.3 Å². The Bertz CT molecular complexity index is 1770. The lowest BCUT2D eigenvalue weighted by Gasteiger charge is -2.32. The fourth-order valence-electron chi connectivity index (χ4n) is 7.16. The van der Waals surface area contributed by atoms with Gasteiger partial charge in [0.25, 0.3) is 5.91 Å². The van der Waals surface area contributed by atoms with Crippen molar-refractivity contribution in [1.29, 1.82) is 5.26 Å². The Kier molecular flexibility index (Phi) is 8.52. The summed E-state index contributed by atoms with van der Waals surface area (Å²) in [6.07, 6.45) is 2.18. The van der Waals surface area contributed by atoms with E-state index in [1.807, 2.05) is 37.3 Å². The van der Waals surface area contributed by atoms with Crippen molar-refractivity contribution in [3.63, 3.8) is 0 Å². The van der Waals surface area contributed by atoms with Crippen LogP contribution < -0.4 is 5.32 Å². The van der Waals surface area contributed by atoms with Crippen molar-refractivity contribution < 1.29 is 37.5 Å². The van der Waals surface area contributed by atoms with Gasteiger partial charge in [-0.05, 0) is 60.7 Å². The van der Waals surface area contributed by atoms with Crippen LogP contribution in [-0.2, 0) is 19.8 Å². The van der Waals surface area contributed by atoms with Crippen molar-refractivity contribution in [3.8, 4) is 6.07 Å². The molecule has 3 amide bonds. The standard InChI is InChI=1S/C32H33F2N4O6PS/c1-18-11-23-8-9-26(31(41)37-16-21(15-35)24(17-37)19-5-3-2-4-6-19)38(23)30(40)25(12-18)36-29(39)28-14-20-13-22(7-10-27(20)46-28)32(33,34)45(42,43)44/h2-7,10,13-14,18,21,23-26H,8-9,11-12,16-17H2,1H3,(H,36,39)(H2,42,43,44)/t18-,21+,23+,24-,25-,26-/m0/s1. The lowest BCUT2D eigenvalue weighted by atomic mass is 9.90. The van der Waals surface area contributed by atoms with Gasteiger partial charge in [-0.1, -0.05) is 43.3 Å². The molecule has 10 nitrogen and oxygen atoms in total. The maximum absolute atomic E-state index is 14.3. The molecule has 1 aromatic heterocycles. The zero-order valence-electron chi connectivity index (χ0n) is 24.9. The average molecular weight is 671 g/mol. The summed E-state index contributed by atoms with van der Waals surface area (Å²) in [4.78, 5) is 63.0. The van der Waals surface area contributed by atoms with Gasteiger partial charge < -0.3 is 24.9 Å². The summed E-state index contributed by atoms with van der Waals surface area (Å²) in [7, 11) is -5.77. The largest absolute Gasteiger partial charge is 0.399 e. The number of rotatable bonds is 6. The number of thiophene rings is 1. The molecular formula is C32H33F2N4O6PS. The molecule has 3 aliphatic heterocycles. The number of nitrogens with zero attached hydrogens (tertiary/aromatic N) is 3. The summed E-state index contributed by atoms with van der Waals surface area (Å²) >= 11 is 1.01. The second-order valence-electron chi connectivity index (χ2n) is 12.5. The molecule has 0 unspecified atom stereocenters. The topological polar surface area (TPSA) is 151 Å². The fourth-order valence-corrected chi connectivity index (χ4v) is 8.58. The van der Waals surface area contributed by atoms with Crippen LogP contribution in [0.1, 0.15) is 59.3 Å². The van der Waals surface area contributed by atoms with Crippen molar-refractivity contribution in [2.75, 3.05) is 13.1 Å². The van der Waals surface area contributed by atoms with Crippen LogP contribution in [0.3, 0.4) is 0 Å². The fraction of sp³-hybridized carbons (Fsp3) is 0.438. The summed E-state index contributed by atoms with van der Waals surface area (Å²) in [5, 5.41) is 12.9. The van der Waals surface area contributed by atoms with Gasteiger partial charge in [-0.15, -0.1) is 11.3 Å². The summed E-state index contributed by atoms with van der Waals surface area (Å²) in [5.74, 6) is -1.55. The Morgan fingerprint density at radius 2 is 1.83 bits per heavy atom. The maximum Gasteiger partial charge on any atom is 0.399 e. The van der Waals surface area contributed by atoms with E-state index < -0.39 is 36.8 Å². The second-order valence-corrected chi connectivity index (χ2v) is 15.3. The predicted molar refractivity (Wildman–Crippen MR) is 166 cm³/mol. The number of halogens is 2. The number of nitriles is 1. The van der Waals surface area contributed by atoms with Gasteiger partial charge in [0.1, 0.15) is 12.1 Å². The number of hydrogen-bond donors (Lipinski definition) is 3. The van der Waals surface area contributed by atoms with E-state index in [0.717, 1.165) is 29.0 Å². The predicted octanol–water partition coefficient (Wildman–Crippen LogP) is 4.78. The van der Waals surface area contributed by atoms with Gasteiger partial charge >= 0.3 is 13.3 Å². The summed E-state index contributed by atoms with van der Waals surface area (Å²) in [6.45, 7) is 2.66. The monoisotopic (exact) mass is 670 g/mol. The van der Waals surface area contributed by atoms with Gasteiger partial charge in [0, 0.05) is 35.3 Å². The quantitative estimate of drug-likeness (QED) is 0.320. The lowest BCUT2D eigenvalue weighted by Crippen LogP contribution is -2.54. The molecule has 6 rings (SSSR count). The first-order valence-electron chi connectivity index (χ1n) is 15.1. The molecule has 2 aromatic carbocycles. The minimum Gasteiger partial charge on any atom is -0.340 e. The molecule has 3 saturated heterocycles. The molecule has 46 heavy (non-hydrogen) atoms. The van der Waals surface area contributed by atoms with Crippen LogP contribution in [0.15, 0.2) is 54.6 Å². The van der Waals surface area contributed by atoms with Crippen LogP contribution in [0.4, 0.5) is 8.78 Å². The van der Waals surface area contributed by atoms with E-state index in [0.29, 0.717) is 36.9 Å². The molecule has 4 heterocycles. The number of nitrogens with one attached hydrogen (secondary N) is 1. The minimum atomic E-state index is -5.77. The molecule has 3 aliphatic rings. The Balaban J connectivity index is 1.20. The summed E-state index contributed by atoms with van der Waals surface area (Å²) in [5.41, 5.74) is -4.26. The zero-order chi connectivity index (χ0) is 33.0. The van der Waals surface area contributed by atoms with Crippen molar-refractivity contribution >= 4 is 46.7 Å². The molecule has 3 N–H and O–H groups in total. The summed E-state index contributed by atoms with van der Waals surface area (Å²) in [6, 6.07) is 14.7. The lowest BCUT2D eigenvalue weighted by molar-refractivity contribution is -0.145. The first-order valence-corrected chi connectivity index (χ1v) is 17.5. The number of carbonyl (C=O) groups excluding carboxylic acids is 3. The number of amides is 3. The highest BCUT2D eigenvalue weighted by atomic mass is 32.1. The van der Waals surface area contributed by atoms with E-state index in [-0.39, 0.29) is 52.4 Å². The van der Waals surface area contributed by atoms with E-state index in [1.54, 1.807) is 9.80 Å². The van der Waals surface area contributed by atoms with Crippen LogP contribution in [0.5, 0.6) is 0 Å². The number of carbonyl (C=O) groups is 3. The van der Waals surface area contributed by atoms with Crippen LogP contribution in [0.25, 0.3) is 10.1 Å². The first-order chi connectivity index (χ1) is 21.8. The van der Waals surface area contributed by atoms with E-state index in [1.165, 1.54) is 12.1 Å². The van der Waals surface area contributed by atoms with Crippen molar-refractivity contribution in [1.82, 2.24) is 15.1 Å². The van der Waals surface area contributed by atoms with Crippen LogP contribution in [0, 0.1) is 23.2 Å². The van der Waals surface area contributed by atoms with Crippen LogP contribution in [0.2, 0.25) is 0 Å². The molecule has 0 aliphatic carbocycles. The number of fused-ring (bicyclic) bond motifs is 2. The molecule has 14 heteroatoms. The third-order valence-electron chi connectivity index (χ3n) is 9.44. The van der Waals surface area contributed by atoms with Crippen molar-refractivity contribution in [3.05, 3.63) is 70.6 Å². The van der Waals surface area contributed by atoms with Crippen LogP contribution in [-0.4, -0.2) is 68.5 Å². The third-order valence-corrected chi connectivity index (χ3v) is 11.5. The first kappa shape index (κ1) is 32.3. The Morgan fingerprint density at radius 3 is 2.52 bits per heavy atom. The van der Waals surface area contributed by atoms with Crippen molar-refractivity contribution in [2.24, 2.45) is 11.8 Å². The highest BCUT2D eigenvalue weighted by Crippen LogP contribution is 2.59. The zero-order valence-corrected chi connectivity index (χ0v) is 26.6. The normalized spacial score (nSPS) is 26.9. The maximum atomic E-state index is 14.3. The Morgan fingerprint density at radius 1 is 1.09 bits per heavy atom. The molecule has 3 fully saturated rings. The van der Waals surface area contributed by atoms with Gasteiger partial charge in [-0.3, -0.25) is 18.9 Å². The van der Waals surface area contributed by atoms with E-state index >= 15 is 0 Å². The molecular weight excluding hydrogens is 637 g/mol. The number of hydrogen-bond acceptors (Lipinski definition) is 6. The number of benzene rings is 2. The molecule has 0 radical (unpaired) electrons. The van der Waals surface area contributed by atoms with Gasteiger partial charge in [-0.2, -0.15) is 14.0 Å². The van der Waals surface area contributed by atoms with Gasteiger partial charge in [0.05, 0.1) is 16.9 Å². The van der Waals surface area contributed by atoms with Gasteiger partial charge in [0.2, 0.25) is 11.8 Å². The second kappa shape index (κ2) is 12.2. The molecule has 6 atom stereocenters. The summed E-state index contributed by atoms with van der Waals surface area (Å²) < 4.78 is 40.4. The minimum absolute atomic E-state index is 0.0650. The van der Waals surface area contributed by atoms with E-state index in [9.17, 15) is 33.0 Å². The van der Waals surface area contributed by atoms with E-state index in [2.05, 4.69) is 11.4 Å². The number of likely N-dealkylation sites (tertiary alicyclic amines) is 1. The Hall–Kier alpha value is -3.69.